The number of piperidine rings is 1. The summed E-state index contributed by atoms with van der Waals surface area (Å²) in [6.07, 6.45) is 1.31. The summed E-state index contributed by atoms with van der Waals surface area (Å²) in [5.74, 6) is 0.576. The smallest absolute Gasteiger partial charge is 0.339 e. The van der Waals surface area contributed by atoms with Crippen molar-refractivity contribution >= 4 is 23.5 Å². The van der Waals surface area contributed by atoms with E-state index in [-0.39, 0.29) is 36.6 Å². The van der Waals surface area contributed by atoms with Crippen molar-refractivity contribution in [2.75, 3.05) is 25.2 Å². The summed E-state index contributed by atoms with van der Waals surface area (Å²) in [6.45, 7) is 1.16. The van der Waals surface area contributed by atoms with Gasteiger partial charge in [-0.3, -0.25) is 9.59 Å². The van der Waals surface area contributed by atoms with E-state index in [1.165, 1.54) is 0 Å². The van der Waals surface area contributed by atoms with Crippen molar-refractivity contribution < 1.29 is 28.6 Å². The van der Waals surface area contributed by atoms with Gasteiger partial charge in [0.1, 0.15) is 6.10 Å². The van der Waals surface area contributed by atoms with Crippen LogP contribution in [-0.2, 0) is 16.0 Å². The maximum Gasteiger partial charge on any atom is 0.339 e. The Morgan fingerprint density at radius 3 is 2.49 bits per heavy atom. The number of anilines is 1. The Kier molecular flexibility index (Phi) is 6.00. The molecule has 1 fully saturated rings. The van der Waals surface area contributed by atoms with E-state index in [0.717, 1.165) is 11.1 Å². The van der Waals surface area contributed by atoms with Crippen LogP contribution in [0.4, 0.5) is 5.69 Å². The average molecular weight is 499 g/mol. The molecule has 0 aromatic heterocycles. The fraction of sp³-hybridized carbons (Fsp3) is 0.276. The summed E-state index contributed by atoms with van der Waals surface area (Å²) in [5, 5.41) is 2.95. The molecule has 188 valence electrons. The second-order valence-corrected chi connectivity index (χ2v) is 9.50. The number of likely N-dealkylation sites (tertiary alicyclic amines) is 1. The van der Waals surface area contributed by atoms with Crippen LogP contribution in [0.5, 0.6) is 11.5 Å². The lowest BCUT2D eigenvalue weighted by Crippen LogP contribution is -2.41. The number of carbonyl (C=O) groups excluding carboxylic acids is 3. The summed E-state index contributed by atoms with van der Waals surface area (Å²) in [5.41, 5.74) is 3.45. The second-order valence-electron chi connectivity index (χ2n) is 9.50. The standard InChI is InChI=1S/C29H26N2O6/c32-27(30-22-7-9-24-26(16-22)36-17-35-24)19-10-12-31(13-11-19)28(33)20-6-8-23-21(14-20)15-25(37-29(23)34)18-4-2-1-3-5-18/h1-9,14,16,19,25H,10-13,15,17H2,(H,30,32)/t25-/m1/s1. The fourth-order valence-corrected chi connectivity index (χ4v) is 5.13. The van der Waals surface area contributed by atoms with Gasteiger partial charge in [-0.2, -0.15) is 0 Å². The molecule has 0 aliphatic carbocycles. The van der Waals surface area contributed by atoms with Crippen molar-refractivity contribution in [3.8, 4) is 11.5 Å². The zero-order chi connectivity index (χ0) is 25.4. The number of benzene rings is 3. The first-order chi connectivity index (χ1) is 18.0. The zero-order valence-electron chi connectivity index (χ0n) is 20.1. The molecule has 3 heterocycles. The highest BCUT2D eigenvalue weighted by Gasteiger charge is 2.31. The number of hydrogen-bond donors (Lipinski definition) is 1. The quantitative estimate of drug-likeness (QED) is 0.537. The monoisotopic (exact) mass is 498 g/mol. The Balaban J connectivity index is 1.09. The Morgan fingerprint density at radius 2 is 1.68 bits per heavy atom. The molecule has 3 aliphatic rings. The summed E-state index contributed by atoms with van der Waals surface area (Å²) in [6, 6.07) is 20.1. The third kappa shape index (κ3) is 4.62. The fourth-order valence-electron chi connectivity index (χ4n) is 5.13. The van der Waals surface area contributed by atoms with E-state index < -0.39 is 0 Å². The molecule has 8 heteroatoms. The summed E-state index contributed by atoms with van der Waals surface area (Å²) in [7, 11) is 0. The normalized spacial score (nSPS) is 18.6. The maximum absolute atomic E-state index is 13.3. The highest BCUT2D eigenvalue weighted by atomic mass is 16.7. The average Bonchev–Trinajstić information content (AvgIpc) is 3.41. The molecule has 3 aromatic rings. The molecule has 1 saturated heterocycles. The summed E-state index contributed by atoms with van der Waals surface area (Å²) < 4.78 is 16.3. The van der Waals surface area contributed by atoms with Gasteiger partial charge in [-0.05, 0) is 54.3 Å². The number of amides is 2. The van der Waals surface area contributed by atoms with Crippen LogP contribution in [0, 0.1) is 5.92 Å². The molecule has 0 radical (unpaired) electrons. The molecule has 0 saturated carbocycles. The largest absolute Gasteiger partial charge is 0.454 e. The third-order valence-electron chi connectivity index (χ3n) is 7.19. The van der Waals surface area contributed by atoms with E-state index in [1.807, 2.05) is 36.4 Å². The van der Waals surface area contributed by atoms with Crippen molar-refractivity contribution in [2.24, 2.45) is 5.92 Å². The van der Waals surface area contributed by atoms with Crippen molar-refractivity contribution in [1.82, 2.24) is 4.90 Å². The maximum atomic E-state index is 13.3. The number of hydrogen-bond acceptors (Lipinski definition) is 6. The molecule has 37 heavy (non-hydrogen) atoms. The lowest BCUT2D eigenvalue weighted by molar-refractivity contribution is -0.121. The molecule has 0 unspecified atom stereocenters. The predicted molar refractivity (Wildman–Crippen MR) is 135 cm³/mol. The molecule has 0 bridgehead atoms. The van der Waals surface area contributed by atoms with Crippen molar-refractivity contribution in [2.45, 2.75) is 25.4 Å². The molecular weight excluding hydrogens is 472 g/mol. The number of carbonyl (C=O) groups is 3. The van der Waals surface area contributed by atoms with E-state index >= 15 is 0 Å². The van der Waals surface area contributed by atoms with Crippen LogP contribution in [0.3, 0.4) is 0 Å². The molecule has 0 spiro atoms. The van der Waals surface area contributed by atoms with Gasteiger partial charge < -0.3 is 24.4 Å². The van der Waals surface area contributed by atoms with Gasteiger partial charge in [0.15, 0.2) is 11.5 Å². The van der Waals surface area contributed by atoms with Gasteiger partial charge in [-0.1, -0.05) is 30.3 Å². The Labute approximate surface area is 214 Å². The van der Waals surface area contributed by atoms with E-state index in [2.05, 4.69) is 5.32 Å². The highest BCUT2D eigenvalue weighted by Crippen LogP contribution is 2.35. The van der Waals surface area contributed by atoms with Gasteiger partial charge in [0.25, 0.3) is 5.91 Å². The van der Waals surface area contributed by atoms with Gasteiger partial charge in [0.2, 0.25) is 12.7 Å². The Hall–Kier alpha value is -4.33. The van der Waals surface area contributed by atoms with E-state index in [9.17, 15) is 14.4 Å². The number of esters is 1. The minimum atomic E-state index is -0.372. The Morgan fingerprint density at radius 1 is 0.892 bits per heavy atom. The third-order valence-corrected chi connectivity index (χ3v) is 7.19. The predicted octanol–water partition coefficient (Wildman–Crippen LogP) is 4.36. The topological polar surface area (TPSA) is 94.2 Å². The summed E-state index contributed by atoms with van der Waals surface area (Å²) >= 11 is 0. The van der Waals surface area contributed by atoms with Gasteiger partial charge in [0.05, 0.1) is 5.56 Å². The first-order valence-electron chi connectivity index (χ1n) is 12.4. The van der Waals surface area contributed by atoms with Gasteiger partial charge >= 0.3 is 5.97 Å². The van der Waals surface area contributed by atoms with Crippen molar-refractivity contribution in [3.05, 3.63) is 89.0 Å². The van der Waals surface area contributed by atoms with E-state index in [0.29, 0.717) is 60.7 Å². The van der Waals surface area contributed by atoms with Gasteiger partial charge in [-0.25, -0.2) is 4.79 Å². The first-order valence-corrected chi connectivity index (χ1v) is 12.4. The van der Waals surface area contributed by atoms with E-state index in [4.69, 9.17) is 14.2 Å². The molecule has 8 nitrogen and oxygen atoms in total. The molecule has 6 rings (SSSR count). The summed E-state index contributed by atoms with van der Waals surface area (Å²) in [4.78, 5) is 40.5. The molecular formula is C29H26N2O6. The second kappa shape index (κ2) is 9.61. The number of nitrogens with zero attached hydrogens (tertiary/aromatic N) is 1. The van der Waals surface area contributed by atoms with Gasteiger partial charge in [0, 0.05) is 42.7 Å². The number of cyclic esters (lactones) is 1. The lowest BCUT2D eigenvalue weighted by atomic mass is 9.92. The van der Waals surface area contributed by atoms with Gasteiger partial charge in [-0.15, -0.1) is 0 Å². The molecule has 1 N–H and O–H groups in total. The van der Waals surface area contributed by atoms with Crippen LogP contribution in [0.25, 0.3) is 0 Å². The SMILES string of the molecule is O=C1O[C@@H](c2ccccc2)Cc2cc(C(=O)N3CCC(C(=O)Nc4ccc5c(c4)OCO5)CC3)ccc21. The van der Waals surface area contributed by atoms with Crippen LogP contribution in [0.1, 0.15) is 50.8 Å². The molecule has 3 aromatic carbocycles. The van der Waals surface area contributed by atoms with Crippen LogP contribution in [0.15, 0.2) is 66.7 Å². The molecule has 2 amide bonds. The lowest BCUT2D eigenvalue weighted by Gasteiger charge is -2.32. The van der Waals surface area contributed by atoms with E-state index in [1.54, 1.807) is 35.2 Å². The minimum Gasteiger partial charge on any atom is -0.454 e. The number of rotatable bonds is 4. The zero-order valence-corrected chi connectivity index (χ0v) is 20.1. The minimum absolute atomic E-state index is 0.0646. The van der Waals surface area contributed by atoms with Crippen LogP contribution in [0.2, 0.25) is 0 Å². The van der Waals surface area contributed by atoms with Crippen molar-refractivity contribution in [3.63, 3.8) is 0 Å². The van der Waals surface area contributed by atoms with Crippen molar-refractivity contribution in [1.29, 1.82) is 0 Å². The number of fused-ring (bicyclic) bond motifs is 2. The molecule has 1 atom stereocenters. The van der Waals surface area contributed by atoms with Crippen LogP contribution in [-0.4, -0.2) is 42.6 Å². The van der Waals surface area contributed by atoms with Crippen LogP contribution < -0.4 is 14.8 Å². The van der Waals surface area contributed by atoms with Crippen LogP contribution >= 0.6 is 0 Å². The molecule has 3 aliphatic heterocycles. The number of nitrogens with one attached hydrogen (secondary N) is 1. The Bertz CT molecular complexity index is 1360. The number of ether oxygens (including phenoxy) is 3. The first kappa shape index (κ1) is 23.1. The highest BCUT2D eigenvalue weighted by molar-refractivity contribution is 5.98.